The largest absolute Gasteiger partial charge is 0.469 e. The SMILES string of the molecule is COC(=O)[C@H](C)[C@H](NC(=O)Nc1cccc(Cn2cccnc2=O)c1)c1ccccc1. The molecule has 0 aliphatic heterocycles. The third kappa shape index (κ3) is 5.79. The Balaban J connectivity index is 1.73. The van der Waals surface area contributed by atoms with Crippen molar-refractivity contribution in [3.8, 4) is 0 Å². The van der Waals surface area contributed by atoms with Crippen molar-refractivity contribution in [2.75, 3.05) is 12.4 Å². The van der Waals surface area contributed by atoms with Crippen molar-refractivity contribution < 1.29 is 14.3 Å². The monoisotopic (exact) mass is 420 g/mol. The van der Waals surface area contributed by atoms with Crippen LogP contribution in [0.25, 0.3) is 0 Å². The van der Waals surface area contributed by atoms with Gasteiger partial charge in [0.2, 0.25) is 0 Å². The number of anilines is 1. The van der Waals surface area contributed by atoms with Crippen molar-refractivity contribution in [3.05, 3.63) is 94.7 Å². The average molecular weight is 420 g/mol. The van der Waals surface area contributed by atoms with Gasteiger partial charge in [0.25, 0.3) is 0 Å². The summed E-state index contributed by atoms with van der Waals surface area (Å²) in [4.78, 5) is 40.3. The van der Waals surface area contributed by atoms with Gasteiger partial charge < -0.3 is 15.4 Å². The highest BCUT2D eigenvalue weighted by Crippen LogP contribution is 2.23. The topological polar surface area (TPSA) is 102 Å². The van der Waals surface area contributed by atoms with Crippen LogP contribution in [-0.2, 0) is 16.1 Å². The predicted octanol–water partition coefficient (Wildman–Crippen LogP) is 2.96. The molecule has 0 saturated heterocycles. The molecule has 2 atom stereocenters. The molecule has 1 heterocycles. The van der Waals surface area contributed by atoms with E-state index in [2.05, 4.69) is 15.6 Å². The number of methoxy groups -OCH3 is 1. The number of benzene rings is 2. The minimum Gasteiger partial charge on any atom is -0.469 e. The molecule has 0 aliphatic carbocycles. The van der Waals surface area contributed by atoms with E-state index in [0.717, 1.165) is 11.1 Å². The van der Waals surface area contributed by atoms with Crippen LogP contribution in [0.15, 0.2) is 77.9 Å². The van der Waals surface area contributed by atoms with Crippen molar-refractivity contribution in [1.82, 2.24) is 14.9 Å². The van der Waals surface area contributed by atoms with Gasteiger partial charge in [-0.05, 0) is 36.2 Å². The molecule has 0 spiro atoms. The molecule has 31 heavy (non-hydrogen) atoms. The number of carbonyl (C=O) groups is 2. The van der Waals surface area contributed by atoms with Crippen molar-refractivity contribution in [2.24, 2.45) is 5.92 Å². The minimum atomic E-state index is -0.582. The number of nitrogens with zero attached hydrogens (tertiary/aromatic N) is 2. The quantitative estimate of drug-likeness (QED) is 0.572. The molecule has 0 fully saturated rings. The molecule has 0 aliphatic rings. The van der Waals surface area contributed by atoms with E-state index in [9.17, 15) is 14.4 Å². The summed E-state index contributed by atoms with van der Waals surface area (Å²) in [5.41, 5.74) is 1.83. The van der Waals surface area contributed by atoms with Crippen LogP contribution in [0, 0.1) is 5.92 Å². The summed E-state index contributed by atoms with van der Waals surface area (Å²) in [7, 11) is 1.32. The smallest absolute Gasteiger partial charge is 0.347 e. The lowest BCUT2D eigenvalue weighted by molar-refractivity contribution is -0.145. The van der Waals surface area contributed by atoms with Crippen molar-refractivity contribution in [1.29, 1.82) is 0 Å². The number of rotatable bonds is 7. The molecule has 3 aromatic rings. The lowest BCUT2D eigenvalue weighted by Gasteiger charge is -2.24. The summed E-state index contributed by atoms with van der Waals surface area (Å²) < 4.78 is 6.33. The number of hydrogen-bond donors (Lipinski definition) is 2. The number of aromatic nitrogens is 2. The van der Waals surface area contributed by atoms with Crippen LogP contribution < -0.4 is 16.3 Å². The number of carbonyl (C=O) groups excluding carboxylic acids is 2. The Bertz CT molecular complexity index is 1100. The highest BCUT2D eigenvalue weighted by atomic mass is 16.5. The zero-order chi connectivity index (χ0) is 22.2. The molecule has 8 nitrogen and oxygen atoms in total. The number of ether oxygens (including phenoxy) is 1. The van der Waals surface area contributed by atoms with Crippen LogP contribution >= 0.6 is 0 Å². The van der Waals surface area contributed by atoms with Crippen LogP contribution in [-0.4, -0.2) is 28.7 Å². The first-order valence-electron chi connectivity index (χ1n) is 9.78. The molecule has 3 rings (SSSR count). The minimum absolute atomic E-state index is 0.329. The first-order chi connectivity index (χ1) is 15.0. The zero-order valence-corrected chi connectivity index (χ0v) is 17.3. The van der Waals surface area contributed by atoms with Gasteiger partial charge in [0.15, 0.2) is 0 Å². The van der Waals surface area contributed by atoms with E-state index in [1.165, 1.54) is 17.9 Å². The number of urea groups is 1. The Morgan fingerprint density at radius 3 is 2.58 bits per heavy atom. The van der Waals surface area contributed by atoms with Gasteiger partial charge in [-0.25, -0.2) is 14.6 Å². The Labute approximate surface area is 179 Å². The Morgan fingerprint density at radius 2 is 1.87 bits per heavy atom. The molecule has 8 heteroatoms. The van der Waals surface area contributed by atoms with Gasteiger partial charge in [0.05, 0.1) is 25.6 Å². The number of hydrogen-bond acceptors (Lipinski definition) is 5. The molecule has 0 radical (unpaired) electrons. The molecule has 160 valence electrons. The fourth-order valence-corrected chi connectivity index (χ4v) is 3.24. The maximum Gasteiger partial charge on any atom is 0.347 e. The normalized spacial score (nSPS) is 12.5. The van der Waals surface area contributed by atoms with E-state index >= 15 is 0 Å². The van der Waals surface area contributed by atoms with Gasteiger partial charge in [-0.1, -0.05) is 42.5 Å². The van der Waals surface area contributed by atoms with Gasteiger partial charge in [0.1, 0.15) is 0 Å². The van der Waals surface area contributed by atoms with Gasteiger partial charge in [-0.3, -0.25) is 9.36 Å². The molecule has 2 aromatic carbocycles. The van der Waals surface area contributed by atoms with E-state index in [1.54, 1.807) is 37.4 Å². The highest BCUT2D eigenvalue weighted by Gasteiger charge is 2.27. The van der Waals surface area contributed by atoms with E-state index in [0.29, 0.717) is 12.2 Å². The predicted molar refractivity (Wildman–Crippen MR) is 117 cm³/mol. The van der Waals surface area contributed by atoms with Crippen LogP contribution in [0.3, 0.4) is 0 Å². The van der Waals surface area contributed by atoms with Crippen molar-refractivity contribution in [2.45, 2.75) is 19.5 Å². The molecule has 0 bridgehead atoms. The average Bonchev–Trinajstić information content (AvgIpc) is 2.79. The van der Waals surface area contributed by atoms with Crippen LogP contribution in [0.5, 0.6) is 0 Å². The van der Waals surface area contributed by atoms with Gasteiger partial charge in [-0.15, -0.1) is 0 Å². The second kappa shape index (κ2) is 10.2. The summed E-state index contributed by atoms with van der Waals surface area (Å²) in [5, 5.41) is 5.65. The lowest BCUT2D eigenvalue weighted by Crippen LogP contribution is -2.38. The molecule has 0 saturated carbocycles. The highest BCUT2D eigenvalue weighted by molar-refractivity contribution is 5.90. The second-order valence-electron chi connectivity index (χ2n) is 7.03. The standard InChI is InChI=1S/C23H24N4O4/c1-16(21(28)31-2)20(18-9-4-3-5-10-18)26-22(29)25-19-11-6-8-17(14-19)15-27-13-7-12-24-23(27)30/h3-14,16,20H,15H2,1-2H3,(H2,25,26,29)/t16-,20+/m1/s1. The summed E-state index contributed by atoms with van der Waals surface area (Å²) in [6, 6.07) is 17.1. The van der Waals surface area contributed by atoms with E-state index in [-0.39, 0.29) is 5.69 Å². The van der Waals surface area contributed by atoms with E-state index in [4.69, 9.17) is 4.74 Å². The third-order valence-electron chi connectivity index (χ3n) is 4.84. The van der Waals surface area contributed by atoms with Gasteiger partial charge >= 0.3 is 17.7 Å². The van der Waals surface area contributed by atoms with Gasteiger partial charge in [0, 0.05) is 18.1 Å². The van der Waals surface area contributed by atoms with E-state index in [1.807, 2.05) is 36.4 Å². The number of nitrogens with one attached hydrogen (secondary N) is 2. The summed E-state index contributed by atoms with van der Waals surface area (Å²) in [6.45, 7) is 2.03. The maximum absolute atomic E-state index is 12.7. The van der Waals surface area contributed by atoms with Crippen molar-refractivity contribution >= 4 is 17.7 Å². The first-order valence-corrected chi connectivity index (χ1v) is 9.78. The molecular formula is C23H24N4O4. The Kier molecular flexibility index (Phi) is 7.16. The molecular weight excluding hydrogens is 396 g/mol. The fourth-order valence-electron chi connectivity index (χ4n) is 3.24. The Hall–Kier alpha value is -3.94. The van der Waals surface area contributed by atoms with Crippen molar-refractivity contribution in [3.63, 3.8) is 0 Å². The van der Waals surface area contributed by atoms with Crippen LogP contribution in [0.1, 0.15) is 24.1 Å². The summed E-state index contributed by atoms with van der Waals surface area (Å²) >= 11 is 0. The van der Waals surface area contributed by atoms with Gasteiger partial charge in [-0.2, -0.15) is 0 Å². The van der Waals surface area contributed by atoms with E-state index < -0.39 is 24.0 Å². The first kappa shape index (κ1) is 21.8. The summed E-state index contributed by atoms with van der Waals surface area (Å²) in [5.74, 6) is -1.000. The van der Waals surface area contributed by atoms with Crippen LogP contribution in [0.2, 0.25) is 0 Å². The van der Waals surface area contributed by atoms with Crippen LogP contribution in [0.4, 0.5) is 10.5 Å². The molecule has 0 unspecified atom stereocenters. The molecule has 2 amide bonds. The summed E-state index contributed by atoms with van der Waals surface area (Å²) in [6.07, 6.45) is 3.10. The lowest BCUT2D eigenvalue weighted by atomic mass is 9.94. The number of amides is 2. The Morgan fingerprint density at radius 1 is 1.10 bits per heavy atom. The third-order valence-corrected chi connectivity index (χ3v) is 4.84. The fraction of sp³-hybridized carbons (Fsp3) is 0.217. The maximum atomic E-state index is 12.7. The number of esters is 1. The molecule has 2 N–H and O–H groups in total. The second-order valence-corrected chi connectivity index (χ2v) is 7.03. The molecule has 1 aromatic heterocycles. The zero-order valence-electron chi connectivity index (χ0n) is 17.3.